The molecule has 0 saturated heterocycles. The summed E-state index contributed by atoms with van der Waals surface area (Å²) in [5.74, 6) is 0.380. The molecule has 0 fully saturated rings. The van der Waals surface area contributed by atoms with E-state index in [1.54, 1.807) is 12.1 Å². The van der Waals surface area contributed by atoms with E-state index in [9.17, 15) is 4.39 Å². The molecule has 0 saturated carbocycles. The van der Waals surface area contributed by atoms with Gasteiger partial charge >= 0.3 is 0 Å². The number of rotatable bonds is 7. The third kappa shape index (κ3) is 4.78. The van der Waals surface area contributed by atoms with Crippen molar-refractivity contribution in [3.63, 3.8) is 0 Å². The summed E-state index contributed by atoms with van der Waals surface area (Å²) in [4.78, 5) is 2.18. The Morgan fingerprint density at radius 3 is 2.25 bits per heavy atom. The summed E-state index contributed by atoms with van der Waals surface area (Å²) in [6, 6.07) is 6.05. The molecule has 0 spiro atoms. The van der Waals surface area contributed by atoms with E-state index >= 15 is 0 Å². The van der Waals surface area contributed by atoms with Crippen molar-refractivity contribution < 1.29 is 4.39 Å². The average Bonchev–Trinajstić information content (AvgIpc) is 2.33. The van der Waals surface area contributed by atoms with Crippen LogP contribution in [0.3, 0.4) is 0 Å². The van der Waals surface area contributed by atoms with Crippen LogP contribution in [0.25, 0.3) is 0 Å². The minimum absolute atomic E-state index is 0.123. The zero-order chi connectivity index (χ0) is 15.3. The molecule has 0 radical (unpaired) electrons. The minimum atomic E-state index is -0.123. The minimum Gasteiger partial charge on any atom is -0.366 e. The normalized spacial score (nSPS) is 11.7. The first-order valence-corrected chi connectivity index (χ1v) is 7.60. The molecule has 3 heteroatoms. The summed E-state index contributed by atoms with van der Waals surface area (Å²) in [5, 5.41) is 3.38. The van der Waals surface area contributed by atoms with Crippen molar-refractivity contribution in [2.75, 3.05) is 11.4 Å². The van der Waals surface area contributed by atoms with Gasteiger partial charge < -0.3 is 10.2 Å². The van der Waals surface area contributed by atoms with E-state index in [2.05, 4.69) is 51.8 Å². The lowest BCUT2D eigenvalue weighted by atomic mass is 10.1. The maximum absolute atomic E-state index is 14.4. The third-order valence-corrected chi connectivity index (χ3v) is 3.24. The summed E-state index contributed by atoms with van der Waals surface area (Å²) in [7, 11) is 0. The van der Waals surface area contributed by atoms with E-state index < -0.39 is 0 Å². The molecule has 0 bridgehead atoms. The van der Waals surface area contributed by atoms with Crippen LogP contribution in [0, 0.1) is 11.7 Å². The van der Waals surface area contributed by atoms with Crippen LogP contribution < -0.4 is 10.2 Å². The van der Waals surface area contributed by atoms with Gasteiger partial charge in [0.2, 0.25) is 0 Å². The van der Waals surface area contributed by atoms with Gasteiger partial charge in [-0.1, -0.05) is 39.8 Å². The van der Waals surface area contributed by atoms with Gasteiger partial charge in [0, 0.05) is 25.2 Å². The van der Waals surface area contributed by atoms with Gasteiger partial charge in [0.1, 0.15) is 5.82 Å². The molecule has 0 aliphatic carbocycles. The summed E-state index contributed by atoms with van der Waals surface area (Å²) in [6.07, 6.45) is 0. The van der Waals surface area contributed by atoms with Gasteiger partial charge in [0.15, 0.2) is 0 Å². The highest BCUT2D eigenvalue weighted by atomic mass is 19.1. The zero-order valence-corrected chi connectivity index (χ0v) is 13.7. The fraction of sp³-hybridized carbons (Fsp3) is 0.647. The van der Waals surface area contributed by atoms with Gasteiger partial charge in [-0.2, -0.15) is 0 Å². The number of benzene rings is 1. The standard InChI is InChI=1S/C17H29FN2/c1-12(2)11-20(14(5)6)17-15(10-19-13(3)4)8-7-9-16(17)18/h7-9,12-14,19H,10-11H2,1-6H3. The van der Waals surface area contributed by atoms with Crippen molar-refractivity contribution in [2.45, 2.75) is 60.2 Å². The molecule has 1 rings (SSSR count). The molecule has 0 amide bonds. The topological polar surface area (TPSA) is 15.3 Å². The van der Waals surface area contributed by atoms with Gasteiger partial charge in [-0.25, -0.2) is 4.39 Å². The molecule has 0 unspecified atom stereocenters. The van der Waals surface area contributed by atoms with Crippen LogP contribution >= 0.6 is 0 Å². The maximum atomic E-state index is 14.4. The van der Waals surface area contributed by atoms with E-state index in [0.717, 1.165) is 17.8 Å². The van der Waals surface area contributed by atoms with E-state index in [1.165, 1.54) is 0 Å². The Morgan fingerprint density at radius 2 is 1.75 bits per heavy atom. The highest BCUT2D eigenvalue weighted by molar-refractivity contribution is 5.55. The van der Waals surface area contributed by atoms with Crippen LogP contribution in [-0.2, 0) is 6.54 Å². The van der Waals surface area contributed by atoms with E-state index in [-0.39, 0.29) is 11.9 Å². The molecular weight excluding hydrogens is 251 g/mol. The van der Waals surface area contributed by atoms with Crippen molar-refractivity contribution in [3.05, 3.63) is 29.6 Å². The van der Waals surface area contributed by atoms with Crippen LogP contribution in [-0.4, -0.2) is 18.6 Å². The van der Waals surface area contributed by atoms with Gasteiger partial charge in [-0.05, 0) is 31.4 Å². The number of hydrogen-bond donors (Lipinski definition) is 1. The van der Waals surface area contributed by atoms with Gasteiger partial charge in [-0.15, -0.1) is 0 Å². The predicted molar refractivity (Wildman–Crippen MR) is 85.7 cm³/mol. The first-order valence-electron chi connectivity index (χ1n) is 7.60. The van der Waals surface area contributed by atoms with Crippen molar-refractivity contribution in [3.8, 4) is 0 Å². The number of nitrogens with one attached hydrogen (secondary N) is 1. The van der Waals surface area contributed by atoms with Crippen LogP contribution in [0.15, 0.2) is 18.2 Å². The van der Waals surface area contributed by atoms with Gasteiger partial charge in [0.05, 0.1) is 5.69 Å². The summed E-state index contributed by atoms with van der Waals surface area (Å²) >= 11 is 0. The molecule has 0 aromatic heterocycles. The fourth-order valence-electron chi connectivity index (χ4n) is 2.29. The summed E-state index contributed by atoms with van der Waals surface area (Å²) < 4.78 is 14.4. The second kappa shape index (κ2) is 7.63. The molecule has 2 nitrogen and oxygen atoms in total. The van der Waals surface area contributed by atoms with E-state index in [4.69, 9.17) is 0 Å². The first kappa shape index (κ1) is 17.0. The van der Waals surface area contributed by atoms with Crippen molar-refractivity contribution in [2.24, 2.45) is 5.92 Å². The number of nitrogens with zero attached hydrogens (tertiary/aromatic N) is 1. The number of para-hydroxylation sites is 1. The molecule has 20 heavy (non-hydrogen) atoms. The SMILES string of the molecule is CC(C)CN(c1c(F)cccc1CNC(C)C)C(C)C. The lowest BCUT2D eigenvalue weighted by Crippen LogP contribution is -2.36. The van der Waals surface area contributed by atoms with E-state index in [0.29, 0.717) is 18.5 Å². The molecule has 0 aliphatic rings. The highest BCUT2D eigenvalue weighted by Crippen LogP contribution is 2.27. The van der Waals surface area contributed by atoms with Crippen LogP contribution in [0.4, 0.5) is 10.1 Å². The van der Waals surface area contributed by atoms with Crippen LogP contribution in [0.1, 0.15) is 47.1 Å². The molecule has 0 heterocycles. The molecule has 114 valence electrons. The van der Waals surface area contributed by atoms with E-state index in [1.807, 2.05) is 6.07 Å². The average molecular weight is 280 g/mol. The fourth-order valence-corrected chi connectivity index (χ4v) is 2.29. The maximum Gasteiger partial charge on any atom is 0.146 e. The quantitative estimate of drug-likeness (QED) is 0.805. The number of anilines is 1. The van der Waals surface area contributed by atoms with Crippen LogP contribution in [0.2, 0.25) is 0 Å². The molecule has 1 aromatic carbocycles. The molecule has 1 aromatic rings. The Balaban J connectivity index is 3.11. The van der Waals surface area contributed by atoms with Crippen molar-refractivity contribution in [1.29, 1.82) is 0 Å². The lowest BCUT2D eigenvalue weighted by Gasteiger charge is -2.33. The molecule has 0 aliphatic heterocycles. The lowest BCUT2D eigenvalue weighted by molar-refractivity contribution is 0.539. The van der Waals surface area contributed by atoms with Gasteiger partial charge in [-0.3, -0.25) is 0 Å². The molecular formula is C17H29FN2. The smallest absolute Gasteiger partial charge is 0.146 e. The molecule has 1 N–H and O–H groups in total. The monoisotopic (exact) mass is 280 g/mol. The zero-order valence-electron chi connectivity index (χ0n) is 13.7. The largest absolute Gasteiger partial charge is 0.366 e. The predicted octanol–water partition coefficient (Wildman–Crippen LogP) is 4.19. The second-order valence-electron chi connectivity index (χ2n) is 6.42. The summed E-state index contributed by atoms with van der Waals surface area (Å²) in [6.45, 7) is 14.4. The van der Waals surface area contributed by atoms with Crippen molar-refractivity contribution >= 4 is 5.69 Å². The first-order chi connectivity index (χ1) is 9.32. The highest BCUT2D eigenvalue weighted by Gasteiger charge is 2.19. The Bertz CT molecular complexity index is 413. The Labute approximate surface area is 123 Å². The summed E-state index contributed by atoms with van der Waals surface area (Å²) in [5.41, 5.74) is 1.79. The Morgan fingerprint density at radius 1 is 1.10 bits per heavy atom. The molecule has 0 atom stereocenters. The van der Waals surface area contributed by atoms with Gasteiger partial charge in [0.25, 0.3) is 0 Å². The second-order valence-corrected chi connectivity index (χ2v) is 6.42. The van der Waals surface area contributed by atoms with Crippen molar-refractivity contribution in [1.82, 2.24) is 5.32 Å². The Hall–Kier alpha value is -1.09. The third-order valence-electron chi connectivity index (χ3n) is 3.24. The number of halogens is 1. The van der Waals surface area contributed by atoms with Crippen LogP contribution in [0.5, 0.6) is 0 Å². The Kier molecular flexibility index (Phi) is 6.47. The number of hydrogen-bond acceptors (Lipinski definition) is 2.